The van der Waals surface area contributed by atoms with Gasteiger partial charge in [0.15, 0.2) is 5.16 Å². The Morgan fingerprint density at radius 1 is 1.21 bits per heavy atom. The summed E-state index contributed by atoms with van der Waals surface area (Å²) in [5.74, 6) is 0.353. The summed E-state index contributed by atoms with van der Waals surface area (Å²) >= 11 is 1.17. The first-order chi connectivity index (χ1) is 13.3. The van der Waals surface area contributed by atoms with E-state index in [0.29, 0.717) is 29.1 Å². The Hall–Kier alpha value is -2.88. The maximum Gasteiger partial charge on any atom is 0.321 e. The summed E-state index contributed by atoms with van der Waals surface area (Å²) < 4.78 is 1.78. The monoisotopic (exact) mass is 404 g/mol. The molecule has 0 atom stereocenters. The van der Waals surface area contributed by atoms with Gasteiger partial charge in [-0.2, -0.15) is 0 Å². The molecule has 10 heteroatoms. The van der Waals surface area contributed by atoms with Gasteiger partial charge in [-0.25, -0.2) is 4.79 Å². The van der Waals surface area contributed by atoms with E-state index in [2.05, 4.69) is 26.1 Å². The number of thioether (sulfide) groups is 1. The van der Waals surface area contributed by atoms with Crippen molar-refractivity contribution in [3.8, 4) is 5.69 Å². The van der Waals surface area contributed by atoms with Gasteiger partial charge in [0.05, 0.1) is 11.4 Å². The van der Waals surface area contributed by atoms with Gasteiger partial charge in [-0.05, 0) is 31.0 Å². The summed E-state index contributed by atoms with van der Waals surface area (Å²) in [6, 6.07) is 6.72. The number of urea groups is 1. The molecule has 9 nitrogen and oxygen atoms in total. The molecule has 0 aliphatic heterocycles. The van der Waals surface area contributed by atoms with Crippen molar-refractivity contribution in [3.05, 3.63) is 30.1 Å². The maximum atomic E-state index is 12.0. The van der Waals surface area contributed by atoms with Crippen molar-refractivity contribution in [2.24, 2.45) is 5.92 Å². The number of anilines is 1. The molecule has 0 radical (unpaired) electrons. The normalized spacial score (nSPS) is 10.6. The minimum atomic E-state index is -0.514. The molecule has 4 amide bonds. The fourth-order valence-electron chi connectivity index (χ4n) is 2.29. The minimum absolute atomic E-state index is 0.0125. The van der Waals surface area contributed by atoms with Crippen LogP contribution in [-0.4, -0.2) is 44.9 Å². The lowest BCUT2D eigenvalue weighted by Gasteiger charge is -2.11. The van der Waals surface area contributed by atoms with Crippen LogP contribution in [-0.2, 0) is 9.59 Å². The second kappa shape index (κ2) is 9.88. The molecular weight excluding hydrogens is 380 g/mol. The van der Waals surface area contributed by atoms with Crippen LogP contribution in [0, 0.1) is 12.8 Å². The van der Waals surface area contributed by atoms with Gasteiger partial charge in [0, 0.05) is 19.2 Å². The van der Waals surface area contributed by atoms with Gasteiger partial charge < -0.3 is 10.6 Å². The topological polar surface area (TPSA) is 118 Å². The van der Waals surface area contributed by atoms with E-state index in [4.69, 9.17) is 0 Å². The standard InChI is InChI=1S/C18H24N6O3S/c1-11(2)9-19-17(27)21-16(26)10-28-18-23-22-12(3)24(18)15-7-5-6-14(8-15)20-13(4)25/h5-8,11H,9-10H2,1-4H3,(H,20,25)(H2,19,21,26,27). The van der Waals surface area contributed by atoms with E-state index in [0.717, 1.165) is 5.69 Å². The second-order valence-electron chi connectivity index (χ2n) is 6.54. The van der Waals surface area contributed by atoms with Crippen molar-refractivity contribution in [2.45, 2.75) is 32.9 Å². The van der Waals surface area contributed by atoms with E-state index in [1.165, 1.54) is 18.7 Å². The molecule has 0 spiro atoms. The fourth-order valence-corrected chi connectivity index (χ4v) is 3.09. The molecule has 3 N–H and O–H groups in total. The van der Waals surface area contributed by atoms with Gasteiger partial charge in [-0.1, -0.05) is 31.7 Å². The van der Waals surface area contributed by atoms with Gasteiger partial charge in [0.2, 0.25) is 11.8 Å². The van der Waals surface area contributed by atoms with Gasteiger partial charge in [-0.3, -0.25) is 19.5 Å². The van der Waals surface area contributed by atoms with E-state index in [1.54, 1.807) is 29.7 Å². The fraction of sp³-hybridized carbons (Fsp3) is 0.389. The lowest BCUT2D eigenvalue weighted by Crippen LogP contribution is -2.41. The number of rotatable bonds is 7. The first kappa shape index (κ1) is 21.4. The number of hydrogen-bond donors (Lipinski definition) is 3. The zero-order valence-electron chi connectivity index (χ0n) is 16.3. The van der Waals surface area contributed by atoms with Crippen LogP contribution in [0.2, 0.25) is 0 Å². The van der Waals surface area contributed by atoms with Crippen molar-refractivity contribution in [3.63, 3.8) is 0 Å². The van der Waals surface area contributed by atoms with Crippen LogP contribution in [0.3, 0.4) is 0 Å². The Morgan fingerprint density at radius 2 is 1.96 bits per heavy atom. The van der Waals surface area contributed by atoms with Crippen LogP contribution in [0.25, 0.3) is 5.69 Å². The first-order valence-electron chi connectivity index (χ1n) is 8.76. The zero-order chi connectivity index (χ0) is 20.7. The molecular formula is C18H24N6O3S. The summed E-state index contributed by atoms with van der Waals surface area (Å²) in [7, 11) is 0. The van der Waals surface area contributed by atoms with E-state index >= 15 is 0 Å². The highest BCUT2D eigenvalue weighted by atomic mass is 32.2. The van der Waals surface area contributed by atoms with E-state index in [9.17, 15) is 14.4 Å². The summed E-state index contributed by atoms with van der Waals surface area (Å²) in [5.41, 5.74) is 1.40. The van der Waals surface area contributed by atoms with Gasteiger partial charge in [-0.15, -0.1) is 10.2 Å². The zero-order valence-corrected chi connectivity index (χ0v) is 17.1. The summed E-state index contributed by atoms with van der Waals surface area (Å²) in [5, 5.41) is 16.3. The summed E-state index contributed by atoms with van der Waals surface area (Å²) in [6.07, 6.45) is 0. The number of hydrogen-bond acceptors (Lipinski definition) is 6. The third kappa shape index (κ3) is 6.38. The van der Waals surface area contributed by atoms with Crippen molar-refractivity contribution < 1.29 is 14.4 Å². The predicted octanol–water partition coefficient (Wildman–Crippen LogP) is 2.11. The highest BCUT2D eigenvalue weighted by Crippen LogP contribution is 2.23. The molecule has 1 aromatic heterocycles. The lowest BCUT2D eigenvalue weighted by molar-refractivity contribution is -0.117. The molecule has 0 fully saturated rings. The van der Waals surface area contributed by atoms with Crippen molar-refractivity contribution in [1.82, 2.24) is 25.4 Å². The quantitative estimate of drug-likeness (QED) is 0.608. The molecule has 0 aliphatic rings. The van der Waals surface area contributed by atoms with E-state index in [-0.39, 0.29) is 11.7 Å². The molecule has 1 aromatic carbocycles. The van der Waals surface area contributed by atoms with Gasteiger partial charge >= 0.3 is 6.03 Å². The number of aromatic nitrogens is 3. The molecule has 2 rings (SSSR count). The average molecular weight is 404 g/mol. The largest absolute Gasteiger partial charge is 0.338 e. The third-order valence-corrected chi connectivity index (χ3v) is 4.41. The van der Waals surface area contributed by atoms with Crippen LogP contribution >= 0.6 is 11.8 Å². The number of aryl methyl sites for hydroxylation is 1. The SMILES string of the molecule is CC(=O)Nc1cccc(-n2c(C)nnc2SCC(=O)NC(=O)NCC(C)C)c1. The molecule has 1 heterocycles. The number of benzene rings is 1. The van der Waals surface area contributed by atoms with Crippen LogP contribution in [0.5, 0.6) is 0 Å². The molecule has 28 heavy (non-hydrogen) atoms. The number of carbonyl (C=O) groups excluding carboxylic acids is 3. The van der Waals surface area contributed by atoms with Crippen LogP contribution in [0.15, 0.2) is 29.4 Å². The van der Waals surface area contributed by atoms with Crippen molar-refractivity contribution in [2.75, 3.05) is 17.6 Å². The van der Waals surface area contributed by atoms with Crippen LogP contribution < -0.4 is 16.0 Å². The van der Waals surface area contributed by atoms with E-state index in [1.807, 2.05) is 19.9 Å². The minimum Gasteiger partial charge on any atom is -0.338 e. The van der Waals surface area contributed by atoms with Gasteiger partial charge in [0.25, 0.3) is 0 Å². The number of amides is 4. The second-order valence-corrected chi connectivity index (χ2v) is 7.48. The molecule has 0 saturated heterocycles. The van der Waals surface area contributed by atoms with E-state index < -0.39 is 11.9 Å². The highest BCUT2D eigenvalue weighted by molar-refractivity contribution is 7.99. The molecule has 0 saturated carbocycles. The Kier molecular flexibility index (Phi) is 7.56. The number of imide groups is 1. The highest BCUT2D eigenvalue weighted by Gasteiger charge is 2.15. The molecule has 0 bridgehead atoms. The van der Waals surface area contributed by atoms with Crippen molar-refractivity contribution in [1.29, 1.82) is 0 Å². The number of nitrogens with zero attached hydrogens (tertiary/aromatic N) is 3. The summed E-state index contributed by atoms with van der Waals surface area (Å²) in [6.45, 7) is 7.65. The first-order valence-corrected chi connectivity index (χ1v) is 9.75. The number of carbonyl (C=O) groups is 3. The Morgan fingerprint density at radius 3 is 2.64 bits per heavy atom. The Balaban J connectivity index is 2.04. The smallest absolute Gasteiger partial charge is 0.321 e. The number of nitrogens with one attached hydrogen (secondary N) is 3. The van der Waals surface area contributed by atoms with Gasteiger partial charge in [0.1, 0.15) is 5.82 Å². The maximum absolute atomic E-state index is 12.0. The molecule has 0 aliphatic carbocycles. The predicted molar refractivity (Wildman–Crippen MR) is 108 cm³/mol. The molecule has 0 unspecified atom stereocenters. The molecule has 2 aromatic rings. The van der Waals surface area contributed by atoms with Crippen molar-refractivity contribution >= 4 is 35.3 Å². The van der Waals surface area contributed by atoms with Crippen LogP contribution in [0.1, 0.15) is 26.6 Å². The lowest BCUT2D eigenvalue weighted by atomic mass is 10.2. The Bertz CT molecular complexity index is 865. The molecule has 150 valence electrons. The Labute approximate surface area is 167 Å². The van der Waals surface area contributed by atoms with Crippen LogP contribution in [0.4, 0.5) is 10.5 Å². The average Bonchev–Trinajstić information content (AvgIpc) is 2.98. The third-order valence-electron chi connectivity index (χ3n) is 3.48. The summed E-state index contributed by atoms with van der Waals surface area (Å²) in [4.78, 5) is 34.9.